The second kappa shape index (κ2) is 14.6. The third-order valence-electron chi connectivity index (χ3n) is 8.27. The summed E-state index contributed by atoms with van der Waals surface area (Å²) in [6.07, 6.45) is 4.65. The Hall–Kier alpha value is -3.71. The summed E-state index contributed by atoms with van der Waals surface area (Å²) >= 11 is 6.82. The maximum Gasteiger partial charge on any atom is 0.251 e. The summed E-state index contributed by atoms with van der Waals surface area (Å²) in [5, 5.41) is 9.99. The van der Waals surface area contributed by atoms with Gasteiger partial charge in [0.1, 0.15) is 11.3 Å². The highest BCUT2D eigenvalue weighted by atomic mass is 35.5. The molecular formula is C32H37ClF2N8O2. The number of carbonyl (C=O) groups excluding carboxylic acids is 1. The molecule has 1 amide bonds. The molecule has 45 heavy (non-hydrogen) atoms. The van der Waals surface area contributed by atoms with Gasteiger partial charge in [0, 0.05) is 43.9 Å². The molecule has 2 fully saturated rings. The van der Waals surface area contributed by atoms with Crippen LogP contribution in [0.4, 0.5) is 14.7 Å². The van der Waals surface area contributed by atoms with Crippen molar-refractivity contribution in [1.29, 1.82) is 0 Å². The minimum absolute atomic E-state index is 0.171. The number of nitrogens with one attached hydrogen (secondary N) is 3. The van der Waals surface area contributed by atoms with E-state index in [0.29, 0.717) is 63.7 Å². The van der Waals surface area contributed by atoms with Gasteiger partial charge < -0.3 is 25.3 Å². The lowest BCUT2D eigenvalue weighted by Gasteiger charge is -2.26. The molecule has 10 nitrogen and oxygen atoms in total. The fourth-order valence-electron chi connectivity index (χ4n) is 5.82. The summed E-state index contributed by atoms with van der Waals surface area (Å²) in [5.74, 6) is -0.617. The third-order valence-corrected chi connectivity index (χ3v) is 8.59. The summed E-state index contributed by atoms with van der Waals surface area (Å²) < 4.78 is 34.5. The number of ether oxygens (including phenoxy) is 1. The second-order valence-corrected chi connectivity index (χ2v) is 11.9. The van der Waals surface area contributed by atoms with Gasteiger partial charge in [0.2, 0.25) is 5.95 Å². The fraction of sp³-hybridized carbons (Fsp3) is 0.438. The topological polar surface area (TPSA) is 109 Å². The molecule has 2 aromatic carbocycles. The van der Waals surface area contributed by atoms with Crippen molar-refractivity contribution in [3.63, 3.8) is 0 Å². The highest BCUT2D eigenvalue weighted by Crippen LogP contribution is 2.32. The highest BCUT2D eigenvalue weighted by molar-refractivity contribution is 6.33. The molecule has 0 bridgehead atoms. The fourth-order valence-corrected chi connectivity index (χ4v) is 6.09. The van der Waals surface area contributed by atoms with Gasteiger partial charge in [-0.3, -0.25) is 9.69 Å². The zero-order valence-corrected chi connectivity index (χ0v) is 25.8. The molecule has 0 saturated carbocycles. The molecule has 2 aliphatic rings. The first-order valence-electron chi connectivity index (χ1n) is 15.4. The van der Waals surface area contributed by atoms with Crippen molar-refractivity contribution in [1.82, 2.24) is 35.1 Å². The van der Waals surface area contributed by atoms with E-state index in [4.69, 9.17) is 26.3 Å². The summed E-state index contributed by atoms with van der Waals surface area (Å²) in [6, 6.07) is 9.04. The van der Waals surface area contributed by atoms with E-state index in [1.807, 2.05) is 6.07 Å². The number of piperidine rings is 1. The van der Waals surface area contributed by atoms with E-state index in [1.165, 1.54) is 6.07 Å². The number of carbonyl (C=O) groups is 1. The number of anilines is 1. The van der Waals surface area contributed by atoms with Crippen molar-refractivity contribution >= 4 is 34.6 Å². The van der Waals surface area contributed by atoms with Gasteiger partial charge in [-0.2, -0.15) is 4.98 Å². The molecule has 6 rings (SSSR count). The molecule has 13 heteroatoms. The lowest BCUT2D eigenvalue weighted by Crippen LogP contribution is -2.38. The number of fused-ring (bicyclic) bond motifs is 1. The van der Waals surface area contributed by atoms with E-state index in [2.05, 4.69) is 30.4 Å². The Morgan fingerprint density at radius 3 is 2.76 bits per heavy atom. The number of aromatic nitrogens is 4. The molecule has 0 aliphatic carbocycles. The lowest BCUT2D eigenvalue weighted by molar-refractivity contribution is 0.0374. The van der Waals surface area contributed by atoms with E-state index in [9.17, 15) is 13.6 Å². The summed E-state index contributed by atoms with van der Waals surface area (Å²) in [6.45, 7) is 7.62. The number of amides is 1. The van der Waals surface area contributed by atoms with Gasteiger partial charge in [-0.25, -0.2) is 18.7 Å². The van der Waals surface area contributed by atoms with Crippen LogP contribution < -0.4 is 16.0 Å². The van der Waals surface area contributed by atoms with Crippen LogP contribution in [0.3, 0.4) is 0 Å². The Morgan fingerprint density at radius 2 is 1.98 bits per heavy atom. The number of imidazole rings is 1. The number of nitrogens with zero attached hydrogens (tertiary/aromatic N) is 5. The first-order valence-corrected chi connectivity index (χ1v) is 15.8. The maximum atomic E-state index is 13.7. The van der Waals surface area contributed by atoms with E-state index in [0.717, 1.165) is 77.3 Å². The van der Waals surface area contributed by atoms with Crippen molar-refractivity contribution in [3.8, 4) is 11.4 Å². The lowest BCUT2D eigenvalue weighted by atomic mass is 9.99. The van der Waals surface area contributed by atoms with Gasteiger partial charge in [-0.05, 0) is 80.7 Å². The number of halogens is 3. The Morgan fingerprint density at radius 1 is 1.11 bits per heavy atom. The van der Waals surface area contributed by atoms with Crippen LogP contribution in [0.2, 0.25) is 5.02 Å². The Kier molecular flexibility index (Phi) is 10.1. The van der Waals surface area contributed by atoms with Crippen LogP contribution in [-0.4, -0.2) is 82.8 Å². The molecule has 4 heterocycles. The van der Waals surface area contributed by atoms with Gasteiger partial charge in [-0.1, -0.05) is 17.7 Å². The van der Waals surface area contributed by atoms with Gasteiger partial charge in [0.25, 0.3) is 5.91 Å². The van der Waals surface area contributed by atoms with Gasteiger partial charge in [-0.15, -0.1) is 0 Å². The van der Waals surface area contributed by atoms with Crippen molar-refractivity contribution < 1.29 is 18.3 Å². The van der Waals surface area contributed by atoms with Gasteiger partial charge >= 0.3 is 0 Å². The maximum absolute atomic E-state index is 13.7. The van der Waals surface area contributed by atoms with Crippen molar-refractivity contribution in [2.75, 3.05) is 57.8 Å². The zero-order chi connectivity index (χ0) is 31.2. The van der Waals surface area contributed by atoms with Crippen LogP contribution in [0.5, 0.6) is 0 Å². The smallest absolute Gasteiger partial charge is 0.251 e. The monoisotopic (exact) mass is 638 g/mol. The van der Waals surface area contributed by atoms with E-state index in [-0.39, 0.29) is 12.5 Å². The predicted molar refractivity (Wildman–Crippen MR) is 169 cm³/mol. The first-order chi connectivity index (χ1) is 21.9. The average Bonchev–Trinajstić information content (AvgIpc) is 3.41. The summed E-state index contributed by atoms with van der Waals surface area (Å²) in [7, 11) is 0. The second-order valence-electron chi connectivity index (χ2n) is 11.5. The average molecular weight is 639 g/mol. The van der Waals surface area contributed by atoms with Crippen molar-refractivity contribution in [3.05, 3.63) is 70.4 Å². The summed E-state index contributed by atoms with van der Waals surface area (Å²) in [4.78, 5) is 29.3. The molecule has 4 aromatic rings. The van der Waals surface area contributed by atoms with Crippen LogP contribution in [0.15, 0.2) is 42.6 Å². The zero-order valence-electron chi connectivity index (χ0n) is 25.0. The SMILES string of the molecule is O=C(NCCCN1CCOCC1)c1ccc(-c2nc3cnc(NCc4ccc(F)c(F)c4)nc3n2C[C@@H]2CCCNC2)c(Cl)c1. The Labute approximate surface area is 265 Å². The Bertz CT molecular complexity index is 1640. The molecule has 2 aromatic heterocycles. The van der Waals surface area contributed by atoms with Gasteiger partial charge in [0.15, 0.2) is 17.3 Å². The van der Waals surface area contributed by atoms with Crippen LogP contribution in [0.1, 0.15) is 35.2 Å². The number of hydrogen-bond acceptors (Lipinski definition) is 8. The molecule has 0 radical (unpaired) electrons. The quantitative estimate of drug-likeness (QED) is 0.206. The van der Waals surface area contributed by atoms with Crippen LogP contribution >= 0.6 is 11.6 Å². The van der Waals surface area contributed by atoms with Crippen molar-refractivity contribution in [2.24, 2.45) is 5.92 Å². The first kappa shape index (κ1) is 31.3. The largest absolute Gasteiger partial charge is 0.379 e. The molecule has 3 N–H and O–H groups in total. The number of hydrogen-bond donors (Lipinski definition) is 3. The Balaban J connectivity index is 1.20. The minimum Gasteiger partial charge on any atom is -0.379 e. The normalized spacial score (nSPS) is 17.4. The van der Waals surface area contributed by atoms with E-state index in [1.54, 1.807) is 18.3 Å². The highest BCUT2D eigenvalue weighted by Gasteiger charge is 2.22. The number of morpholine rings is 1. The number of rotatable bonds is 11. The molecular weight excluding hydrogens is 602 g/mol. The minimum atomic E-state index is -0.904. The third kappa shape index (κ3) is 7.75. The number of benzene rings is 2. The van der Waals surface area contributed by atoms with Gasteiger partial charge in [0.05, 0.1) is 24.4 Å². The molecule has 0 spiro atoms. The van der Waals surface area contributed by atoms with Crippen LogP contribution in [-0.2, 0) is 17.8 Å². The van der Waals surface area contributed by atoms with Crippen molar-refractivity contribution in [2.45, 2.75) is 32.4 Å². The molecule has 2 aliphatic heterocycles. The molecule has 1 atom stereocenters. The van der Waals surface area contributed by atoms with Crippen LogP contribution in [0.25, 0.3) is 22.6 Å². The molecule has 2 saturated heterocycles. The molecule has 238 valence electrons. The molecule has 0 unspecified atom stereocenters. The van der Waals surface area contributed by atoms with E-state index < -0.39 is 11.6 Å². The standard InChI is InChI=1S/C32H37ClF2N8O2/c33-25-16-23(31(44)37-9-2-10-42-11-13-45-14-12-42)5-6-24(25)29-40-28-19-39-32(38-18-21-4-7-26(34)27(35)15-21)41-30(28)43(29)20-22-3-1-8-36-17-22/h4-7,15-16,19,22,36H,1-3,8-14,17-18,20H2,(H,37,44)(H,38,39,41)/t22-/m1/s1. The van der Waals surface area contributed by atoms with E-state index >= 15 is 0 Å². The predicted octanol–water partition coefficient (Wildman–Crippen LogP) is 4.49. The summed E-state index contributed by atoms with van der Waals surface area (Å²) in [5.41, 5.74) is 2.98. The van der Waals surface area contributed by atoms with Crippen LogP contribution in [0, 0.1) is 17.6 Å².